The number of ether oxygens (including phenoxy) is 1. The molecule has 0 unspecified atom stereocenters. The third kappa shape index (κ3) is 1.96. The van der Waals surface area contributed by atoms with E-state index in [9.17, 15) is 9.18 Å². The molecule has 0 aliphatic heterocycles. The van der Waals surface area contributed by atoms with Crippen LogP contribution in [0.5, 0.6) is 0 Å². The first-order valence-corrected chi connectivity index (χ1v) is 3.74. The lowest BCUT2D eigenvalue weighted by atomic mass is 10.2. The molecule has 0 saturated heterocycles. The molecule has 0 atom stereocenters. The van der Waals surface area contributed by atoms with Crippen LogP contribution in [0.2, 0.25) is 0 Å². The summed E-state index contributed by atoms with van der Waals surface area (Å²) in [6, 6.07) is 3.90. The summed E-state index contributed by atoms with van der Waals surface area (Å²) in [5.41, 5.74) is 0.748. The van der Waals surface area contributed by atoms with Gasteiger partial charge in [0.1, 0.15) is 5.82 Å². The van der Waals surface area contributed by atoms with E-state index in [1.165, 1.54) is 19.2 Å². The van der Waals surface area contributed by atoms with Gasteiger partial charge in [-0.2, -0.15) is 0 Å². The van der Waals surface area contributed by atoms with Crippen LogP contribution in [-0.2, 0) is 4.74 Å². The molecule has 0 amide bonds. The second kappa shape index (κ2) is 3.89. The van der Waals surface area contributed by atoms with E-state index < -0.39 is 11.8 Å². The highest BCUT2D eigenvalue weighted by Crippen LogP contribution is 2.16. The number of methoxy groups -OCH3 is 1. The molecule has 0 radical (unpaired) electrons. The molecule has 0 aliphatic rings. The highest BCUT2D eigenvalue weighted by atomic mass is 19.1. The Morgan fingerprint density at radius 1 is 1.54 bits per heavy atom. The SMILES string of the molecule is CNc1ccc(F)cc1C(=O)OC. The van der Waals surface area contributed by atoms with Crippen LogP contribution in [0.3, 0.4) is 0 Å². The van der Waals surface area contributed by atoms with Gasteiger partial charge in [0.25, 0.3) is 0 Å². The molecule has 0 saturated carbocycles. The highest BCUT2D eigenvalue weighted by Gasteiger charge is 2.11. The average molecular weight is 183 g/mol. The van der Waals surface area contributed by atoms with Gasteiger partial charge in [0.05, 0.1) is 12.7 Å². The topological polar surface area (TPSA) is 38.3 Å². The summed E-state index contributed by atoms with van der Waals surface area (Å²) >= 11 is 0. The summed E-state index contributed by atoms with van der Waals surface area (Å²) < 4.78 is 17.2. The third-order valence-electron chi connectivity index (χ3n) is 1.66. The maximum Gasteiger partial charge on any atom is 0.340 e. The molecule has 0 spiro atoms. The normalized spacial score (nSPS) is 9.46. The number of benzene rings is 1. The van der Waals surface area contributed by atoms with E-state index in [0.717, 1.165) is 6.07 Å². The lowest BCUT2D eigenvalue weighted by Crippen LogP contribution is -2.06. The fraction of sp³-hybridized carbons (Fsp3) is 0.222. The predicted molar refractivity (Wildman–Crippen MR) is 47.3 cm³/mol. The van der Waals surface area contributed by atoms with Gasteiger partial charge in [-0.3, -0.25) is 0 Å². The molecule has 0 aliphatic carbocycles. The summed E-state index contributed by atoms with van der Waals surface area (Å²) in [4.78, 5) is 11.1. The first-order chi connectivity index (χ1) is 6.19. The zero-order chi connectivity index (χ0) is 9.84. The zero-order valence-corrected chi connectivity index (χ0v) is 7.43. The summed E-state index contributed by atoms with van der Waals surface area (Å²) in [6.45, 7) is 0. The minimum absolute atomic E-state index is 0.199. The minimum atomic E-state index is -0.552. The number of hydrogen-bond acceptors (Lipinski definition) is 3. The third-order valence-corrected chi connectivity index (χ3v) is 1.66. The average Bonchev–Trinajstić information content (AvgIpc) is 2.16. The minimum Gasteiger partial charge on any atom is -0.465 e. The van der Waals surface area contributed by atoms with Crippen LogP contribution in [0.25, 0.3) is 0 Å². The van der Waals surface area contributed by atoms with Gasteiger partial charge < -0.3 is 10.1 Å². The van der Waals surface area contributed by atoms with Crippen LogP contribution < -0.4 is 5.32 Å². The maximum absolute atomic E-state index is 12.7. The second-order valence-corrected chi connectivity index (χ2v) is 2.43. The quantitative estimate of drug-likeness (QED) is 0.708. The van der Waals surface area contributed by atoms with Crippen molar-refractivity contribution in [2.24, 2.45) is 0 Å². The molecule has 0 aromatic heterocycles. The number of nitrogens with one attached hydrogen (secondary N) is 1. The predicted octanol–water partition coefficient (Wildman–Crippen LogP) is 1.65. The smallest absolute Gasteiger partial charge is 0.340 e. The molecular formula is C9H10FNO2. The Morgan fingerprint density at radius 3 is 2.77 bits per heavy atom. The molecule has 1 rings (SSSR count). The van der Waals surface area contributed by atoms with Gasteiger partial charge in [0, 0.05) is 12.7 Å². The maximum atomic E-state index is 12.7. The molecular weight excluding hydrogens is 173 g/mol. The summed E-state index contributed by atoms with van der Waals surface area (Å²) in [5, 5.41) is 2.77. The monoisotopic (exact) mass is 183 g/mol. The van der Waals surface area contributed by atoms with Crippen LogP contribution in [0.15, 0.2) is 18.2 Å². The largest absolute Gasteiger partial charge is 0.465 e. The molecule has 1 aromatic rings. The van der Waals surface area contributed by atoms with Crippen LogP contribution in [0, 0.1) is 5.82 Å². The van der Waals surface area contributed by atoms with E-state index in [1.54, 1.807) is 7.05 Å². The van der Waals surface area contributed by atoms with Crippen molar-refractivity contribution in [2.45, 2.75) is 0 Å². The standard InChI is InChI=1S/C9H10FNO2/c1-11-8-4-3-6(10)5-7(8)9(12)13-2/h3-5,11H,1-2H3. The lowest BCUT2D eigenvalue weighted by Gasteiger charge is -2.06. The van der Waals surface area contributed by atoms with Crippen molar-refractivity contribution in [1.29, 1.82) is 0 Å². The van der Waals surface area contributed by atoms with E-state index in [-0.39, 0.29) is 5.56 Å². The Kier molecular flexibility index (Phi) is 2.84. The fourth-order valence-corrected chi connectivity index (χ4v) is 1.01. The number of rotatable bonds is 2. The van der Waals surface area contributed by atoms with Crippen LogP contribution in [0.1, 0.15) is 10.4 Å². The van der Waals surface area contributed by atoms with Gasteiger partial charge in [-0.15, -0.1) is 0 Å². The van der Waals surface area contributed by atoms with E-state index in [2.05, 4.69) is 10.1 Å². The second-order valence-electron chi connectivity index (χ2n) is 2.43. The van der Waals surface area contributed by atoms with Gasteiger partial charge in [-0.1, -0.05) is 0 Å². The van der Waals surface area contributed by atoms with E-state index in [0.29, 0.717) is 5.69 Å². The van der Waals surface area contributed by atoms with Crippen molar-refractivity contribution >= 4 is 11.7 Å². The van der Waals surface area contributed by atoms with Gasteiger partial charge in [-0.25, -0.2) is 9.18 Å². The van der Waals surface area contributed by atoms with Crippen molar-refractivity contribution in [2.75, 3.05) is 19.5 Å². The summed E-state index contributed by atoms with van der Waals surface area (Å²) in [7, 11) is 2.91. The first kappa shape index (κ1) is 9.51. The Bertz CT molecular complexity index is 325. The Morgan fingerprint density at radius 2 is 2.23 bits per heavy atom. The van der Waals surface area contributed by atoms with Crippen molar-refractivity contribution in [1.82, 2.24) is 0 Å². The first-order valence-electron chi connectivity index (χ1n) is 3.74. The highest BCUT2D eigenvalue weighted by molar-refractivity contribution is 5.95. The van der Waals surface area contributed by atoms with Gasteiger partial charge in [0.15, 0.2) is 0 Å². The van der Waals surface area contributed by atoms with E-state index in [4.69, 9.17) is 0 Å². The Hall–Kier alpha value is -1.58. The van der Waals surface area contributed by atoms with Crippen LogP contribution in [-0.4, -0.2) is 20.1 Å². The fourth-order valence-electron chi connectivity index (χ4n) is 1.01. The molecule has 0 bridgehead atoms. The molecule has 70 valence electrons. The zero-order valence-electron chi connectivity index (χ0n) is 7.43. The van der Waals surface area contributed by atoms with Crippen LogP contribution >= 0.6 is 0 Å². The lowest BCUT2D eigenvalue weighted by molar-refractivity contribution is 0.0601. The number of esters is 1. The van der Waals surface area contributed by atoms with Crippen molar-refractivity contribution in [3.05, 3.63) is 29.6 Å². The van der Waals surface area contributed by atoms with Gasteiger partial charge in [0.2, 0.25) is 0 Å². The molecule has 13 heavy (non-hydrogen) atoms. The number of anilines is 1. The Labute approximate surface area is 75.5 Å². The molecule has 1 aromatic carbocycles. The van der Waals surface area contributed by atoms with E-state index in [1.807, 2.05) is 0 Å². The van der Waals surface area contributed by atoms with Gasteiger partial charge >= 0.3 is 5.97 Å². The van der Waals surface area contributed by atoms with Crippen molar-refractivity contribution in [3.8, 4) is 0 Å². The van der Waals surface area contributed by atoms with Crippen molar-refractivity contribution in [3.63, 3.8) is 0 Å². The summed E-state index contributed by atoms with van der Waals surface area (Å²) in [5.74, 6) is -1.01. The molecule has 4 heteroatoms. The molecule has 0 fully saturated rings. The number of carbonyl (C=O) groups is 1. The van der Waals surface area contributed by atoms with Crippen LogP contribution in [0.4, 0.5) is 10.1 Å². The van der Waals surface area contributed by atoms with Crippen molar-refractivity contribution < 1.29 is 13.9 Å². The molecule has 0 heterocycles. The number of carbonyl (C=O) groups excluding carboxylic acids is 1. The van der Waals surface area contributed by atoms with Gasteiger partial charge in [-0.05, 0) is 18.2 Å². The summed E-state index contributed by atoms with van der Waals surface area (Å²) in [6.07, 6.45) is 0. The molecule has 3 nitrogen and oxygen atoms in total. The number of halogens is 1. The number of hydrogen-bond donors (Lipinski definition) is 1. The van der Waals surface area contributed by atoms with E-state index >= 15 is 0 Å². The Balaban J connectivity index is 3.15. The molecule has 1 N–H and O–H groups in total.